The summed E-state index contributed by atoms with van der Waals surface area (Å²) in [5, 5.41) is 3.52. The number of fused-ring (bicyclic) bond motifs is 1. The van der Waals surface area contributed by atoms with E-state index in [1.807, 2.05) is 11.9 Å². The highest BCUT2D eigenvalue weighted by Gasteiger charge is 2.42. The molecule has 2 aliphatic rings. The summed E-state index contributed by atoms with van der Waals surface area (Å²) in [6, 6.07) is 17.3. The van der Waals surface area contributed by atoms with Gasteiger partial charge < -0.3 is 10.2 Å². The Balaban J connectivity index is 1.56. The van der Waals surface area contributed by atoms with Gasteiger partial charge in [-0.25, -0.2) is 8.70 Å². The first kappa shape index (κ1) is 21.2. The van der Waals surface area contributed by atoms with E-state index >= 15 is 0 Å². The topological polar surface area (TPSA) is 18.5 Å². The number of nitrogens with zero attached hydrogens (tertiary/aromatic N) is 2. The molecule has 158 valence electrons. The molecule has 30 heavy (non-hydrogen) atoms. The van der Waals surface area contributed by atoms with Gasteiger partial charge in [-0.2, -0.15) is 0 Å². The van der Waals surface area contributed by atoms with E-state index in [1.54, 1.807) is 12.1 Å². The monoisotopic (exact) mass is 423 g/mol. The lowest BCUT2D eigenvalue weighted by molar-refractivity contribution is 0.165. The molecule has 1 heterocycles. The van der Waals surface area contributed by atoms with Gasteiger partial charge in [-0.1, -0.05) is 23.8 Å². The van der Waals surface area contributed by atoms with Crippen LogP contribution < -0.4 is 5.32 Å². The molecule has 0 aromatic heterocycles. The normalized spacial score (nSPS) is 22.1. The molecule has 1 unspecified atom stereocenters. The van der Waals surface area contributed by atoms with Gasteiger partial charge in [0.25, 0.3) is 0 Å². The maximum Gasteiger partial charge on any atom is 0.123 e. The van der Waals surface area contributed by atoms with Crippen molar-refractivity contribution in [1.29, 1.82) is 0 Å². The van der Waals surface area contributed by atoms with Crippen molar-refractivity contribution in [3.63, 3.8) is 0 Å². The van der Waals surface area contributed by atoms with Gasteiger partial charge in [0.15, 0.2) is 0 Å². The Morgan fingerprint density at radius 2 is 1.83 bits per heavy atom. The molecule has 0 spiro atoms. The highest BCUT2D eigenvalue weighted by Crippen LogP contribution is 2.47. The lowest BCUT2D eigenvalue weighted by Crippen LogP contribution is -2.48. The summed E-state index contributed by atoms with van der Waals surface area (Å²) >= 11 is 1.87. The van der Waals surface area contributed by atoms with E-state index in [9.17, 15) is 4.39 Å². The van der Waals surface area contributed by atoms with Crippen molar-refractivity contribution in [3.8, 4) is 0 Å². The van der Waals surface area contributed by atoms with Gasteiger partial charge in [0.2, 0.25) is 0 Å². The molecule has 1 atom stereocenters. The van der Waals surface area contributed by atoms with Crippen LogP contribution in [0.4, 0.5) is 10.1 Å². The summed E-state index contributed by atoms with van der Waals surface area (Å²) in [6.45, 7) is 5.34. The van der Waals surface area contributed by atoms with Crippen LogP contribution in [0.15, 0.2) is 82.4 Å². The van der Waals surface area contributed by atoms with E-state index in [0.29, 0.717) is 0 Å². The Labute approximate surface area is 183 Å². The number of anilines is 1. The maximum atomic E-state index is 13.3. The molecular weight excluding hydrogens is 393 g/mol. The van der Waals surface area contributed by atoms with Gasteiger partial charge in [0, 0.05) is 41.3 Å². The minimum Gasteiger partial charge on any atom is -0.356 e. The summed E-state index contributed by atoms with van der Waals surface area (Å²) in [7, 11) is 4.34. The summed E-state index contributed by atoms with van der Waals surface area (Å²) in [5.74, 6) is -0.207. The number of rotatable bonds is 6. The second kappa shape index (κ2) is 8.96. The van der Waals surface area contributed by atoms with Crippen molar-refractivity contribution in [2.45, 2.75) is 24.7 Å². The van der Waals surface area contributed by atoms with Crippen molar-refractivity contribution < 1.29 is 4.39 Å². The molecule has 2 aromatic rings. The van der Waals surface area contributed by atoms with Gasteiger partial charge in [-0.3, -0.25) is 0 Å². The summed E-state index contributed by atoms with van der Waals surface area (Å²) in [5.41, 5.74) is 5.10. The standard InChI is InChI=1S/C25H30FN3S/c1-19-16-25(17-28(2)3)18-29(30-23-7-5-4-6-8-23)14-13-20(25)15-24(19)27-22-11-9-21(26)10-12-22/h4-12,15,27H,13-14,16-18H2,1-3H3. The smallest absolute Gasteiger partial charge is 0.123 e. The van der Waals surface area contributed by atoms with Crippen LogP contribution in [0.25, 0.3) is 0 Å². The molecule has 5 heteroatoms. The molecule has 3 nitrogen and oxygen atoms in total. The fourth-order valence-corrected chi connectivity index (χ4v) is 5.75. The Hall–Kier alpha value is -2.08. The molecule has 0 bridgehead atoms. The number of benzene rings is 2. The van der Waals surface area contributed by atoms with Crippen LogP contribution in [0.1, 0.15) is 19.8 Å². The Bertz CT molecular complexity index is 937. The van der Waals surface area contributed by atoms with Crippen LogP contribution in [-0.2, 0) is 0 Å². The first-order valence-corrected chi connectivity index (χ1v) is 11.3. The first-order chi connectivity index (χ1) is 14.4. The fraction of sp³-hybridized carbons (Fsp3) is 0.360. The molecule has 0 radical (unpaired) electrons. The second-order valence-corrected chi connectivity index (χ2v) is 9.88. The maximum absolute atomic E-state index is 13.3. The van der Waals surface area contributed by atoms with Crippen LogP contribution in [0, 0.1) is 11.2 Å². The number of hydrogen-bond donors (Lipinski definition) is 1. The fourth-order valence-electron chi connectivity index (χ4n) is 4.68. The Morgan fingerprint density at radius 3 is 2.53 bits per heavy atom. The van der Waals surface area contributed by atoms with Crippen molar-refractivity contribution in [2.24, 2.45) is 5.41 Å². The van der Waals surface area contributed by atoms with E-state index in [0.717, 1.165) is 43.9 Å². The number of allylic oxidation sites excluding steroid dienone is 2. The molecule has 1 saturated heterocycles. The predicted molar refractivity (Wildman–Crippen MR) is 125 cm³/mol. The van der Waals surface area contributed by atoms with Crippen LogP contribution >= 0.6 is 11.9 Å². The third-order valence-electron chi connectivity index (χ3n) is 5.89. The van der Waals surface area contributed by atoms with Crippen LogP contribution in [0.3, 0.4) is 0 Å². The van der Waals surface area contributed by atoms with E-state index in [4.69, 9.17) is 0 Å². The quantitative estimate of drug-likeness (QED) is 0.591. The van der Waals surface area contributed by atoms with Crippen molar-refractivity contribution in [3.05, 3.63) is 83.3 Å². The number of hydrogen-bond acceptors (Lipinski definition) is 4. The van der Waals surface area contributed by atoms with E-state index in [2.05, 4.69) is 71.9 Å². The van der Waals surface area contributed by atoms with E-state index in [-0.39, 0.29) is 11.2 Å². The molecule has 1 fully saturated rings. The minimum absolute atomic E-state index is 0.127. The predicted octanol–water partition coefficient (Wildman–Crippen LogP) is 5.80. The minimum atomic E-state index is -0.207. The molecular formula is C25H30FN3S. The van der Waals surface area contributed by atoms with E-state index in [1.165, 1.54) is 28.2 Å². The van der Waals surface area contributed by atoms with Crippen molar-refractivity contribution >= 4 is 17.6 Å². The lowest BCUT2D eigenvalue weighted by Gasteiger charge is -2.48. The van der Waals surface area contributed by atoms with Crippen LogP contribution in [0.2, 0.25) is 0 Å². The highest BCUT2D eigenvalue weighted by molar-refractivity contribution is 7.97. The van der Waals surface area contributed by atoms with Gasteiger partial charge in [-0.15, -0.1) is 0 Å². The van der Waals surface area contributed by atoms with Gasteiger partial charge in [0.1, 0.15) is 5.82 Å². The molecule has 1 N–H and O–H groups in total. The molecule has 4 rings (SSSR count). The molecule has 0 saturated carbocycles. The first-order valence-electron chi connectivity index (χ1n) is 10.5. The SMILES string of the molecule is CC1=C(Nc2ccc(F)cc2)C=C2CCN(Sc3ccccc3)CC2(CN(C)C)C1. The highest BCUT2D eigenvalue weighted by atomic mass is 32.2. The Kier molecular flexibility index (Phi) is 6.32. The number of piperidine rings is 1. The number of nitrogens with one attached hydrogen (secondary N) is 1. The third-order valence-corrected chi connectivity index (χ3v) is 6.95. The second-order valence-electron chi connectivity index (χ2n) is 8.71. The summed E-state index contributed by atoms with van der Waals surface area (Å²) in [4.78, 5) is 3.61. The van der Waals surface area contributed by atoms with Crippen molar-refractivity contribution in [2.75, 3.05) is 39.0 Å². The zero-order chi connectivity index (χ0) is 21.1. The van der Waals surface area contributed by atoms with Crippen LogP contribution in [0.5, 0.6) is 0 Å². The van der Waals surface area contributed by atoms with Gasteiger partial charge in [0.05, 0.1) is 0 Å². The lowest BCUT2D eigenvalue weighted by atomic mass is 9.68. The molecule has 0 amide bonds. The molecule has 1 aliphatic heterocycles. The summed E-state index contributed by atoms with van der Waals surface area (Å²) < 4.78 is 15.8. The van der Waals surface area contributed by atoms with Gasteiger partial charge >= 0.3 is 0 Å². The average molecular weight is 424 g/mol. The third kappa shape index (κ3) is 4.80. The number of halogens is 1. The van der Waals surface area contributed by atoms with Crippen LogP contribution in [-0.4, -0.2) is 42.9 Å². The average Bonchev–Trinajstić information content (AvgIpc) is 2.70. The molecule has 2 aromatic carbocycles. The zero-order valence-electron chi connectivity index (χ0n) is 18.0. The zero-order valence-corrected chi connectivity index (χ0v) is 18.8. The van der Waals surface area contributed by atoms with E-state index < -0.39 is 0 Å². The summed E-state index contributed by atoms with van der Waals surface area (Å²) in [6.07, 6.45) is 4.46. The van der Waals surface area contributed by atoms with Gasteiger partial charge in [-0.05, 0) is 93.9 Å². The molecule has 1 aliphatic carbocycles. The van der Waals surface area contributed by atoms with Crippen molar-refractivity contribution in [1.82, 2.24) is 9.21 Å². The largest absolute Gasteiger partial charge is 0.356 e. The Morgan fingerprint density at radius 1 is 1.10 bits per heavy atom.